The van der Waals surface area contributed by atoms with Gasteiger partial charge in [0.1, 0.15) is 11.6 Å². The number of rotatable bonds is 6. The van der Waals surface area contributed by atoms with Gasteiger partial charge in [0.15, 0.2) is 5.82 Å². The number of ether oxygens (including phenoxy) is 1. The van der Waals surface area contributed by atoms with Crippen molar-refractivity contribution < 1.29 is 9.13 Å². The molecule has 0 aliphatic heterocycles. The van der Waals surface area contributed by atoms with Crippen LogP contribution in [0.25, 0.3) is 11.4 Å². The molecule has 0 radical (unpaired) electrons. The first-order chi connectivity index (χ1) is 12.7. The van der Waals surface area contributed by atoms with Crippen LogP contribution in [0.15, 0.2) is 60.9 Å². The van der Waals surface area contributed by atoms with Gasteiger partial charge in [0.25, 0.3) is 0 Å². The smallest absolute Gasteiger partial charge is 0.159 e. The highest BCUT2D eigenvalue weighted by Crippen LogP contribution is 2.45. The lowest BCUT2D eigenvalue weighted by Crippen LogP contribution is -2.28. The molecule has 3 aromatic rings. The summed E-state index contributed by atoms with van der Waals surface area (Å²) in [5.74, 6) is 1.30. The molecule has 0 spiro atoms. The van der Waals surface area contributed by atoms with Gasteiger partial charge in [-0.15, -0.1) is 0 Å². The van der Waals surface area contributed by atoms with Crippen LogP contribution in [0.1, 0.15) is 24.0 Å². The highest BCUT2D eigenvalue weighted by Gasteiger charge is 2.43. The molecule has 2 aromatic carbocycles. The van der Waals surface area contributed by atoms with Crippen LogP contribution in [-0.2, 0) is 12.1 Å². The third kappa shape index (κ3) is 3.44. The monoisotopic (exact) mass is 349 g/mol. The van der Waals surface area contributed by atoms with E-state index in [-0.39, 0.29) is 11.4 Å². The average molecular weight is 349 g/mol. The predicted octanol–water partition coefficient (Wildman–Crippen LogP) is 4.07. The van der Waals surface area contributed by atoms with Gasteiger partial charge in [-0.3, -0.25) is 0 Å². The van der Waals surface area contributed by atoms with E-state index in [0.29, 0.717) is 12.4 Å². The van der Waals surface area contributed by atoms with Crippen molar-refractivity contribution in [3.05, 3.63) is 77.9 Å². The Morgan fingerprint density at radius 3 is 2.42 bits per heavy atom. The van der Waals surface area contributed by atoms with E-state index in [1.165, 1.54) is 6.07 Å². The van der Waals surface area contributed by atoms with E-state index in [1.807, 2.05) is 42.7 Å². The maximum absolute atomic E-state index is 13.5. The summed E-state index contributed by atoms with van der Waals surface area (Å²) in [7, 11) is 1.64. The average Bonchev–Trinajstić information content (AvgIpc) is 3.48. The Hall–Kier alpha value is -2.79. The van der Waals surface area contributed by atoms with E-state index < -0.39 is 0 Å². The molecular formula is C21H20FN3O. The second-order valence-corrected chi connectivity index (χ2v) is 6.59. The highest BCUT2D eigenvalue weighted by molar-refractivity contribution is 5.55. The van der Waals surface area contributed by atoms with Crippen LogP contribution in [0, 0.1) is 5.82 Å². The standard InChI is InChI=1S/C21H20FN3O/c1-26-19-7-5-16(6-8-19)20-23-12-15(13-24-20)14-25-21(9-10-21)17-3-2-4-18(22)11-17/h2-8,11-13,25H,9-10,14H2,1H3. The molecule has 0 unspecified atom stereocenters. The Morgan fingerprint density at radius 2 is 1.81 bits per heavy atom. The van der Waals surface area contributed by atoms with Gasteiger partial charge in [0.05, 0.1) is 7.11 Å². The lowest BCUT2D eigenvalue weighted by atomic mass is 10.0. The van der Waals surface area contributed by atoms with Crippen LogP contribution in [0.2, 0.25) is 0 Å². The Balaban J connectivity index is 1.43. The fourth-order valence-electron chi connectivity index (χ4n) is 3.09. The number of aromatic nitrogens is 2. The first-order valence-electron chi connectivity index (χ1n) is 8.65. The molecule has 1 aliphatic carbocycles. The molecule has 0 amide bonds. The molecule has 5 heteroatoms. The SMILES string of the molecule is COc1ccc(-c2ncc(CNC3(c4cccc(F)c4)CC3)cn2)cc1. The van der Waals surface area contributed by atoms with Crippen molar-refractivity contribution in [2.24, 2.45) is 0 Å². The van der Waals surface area contributed by atoms with Gasteiger partial charge >= 0.3 is 0 Å². The summed E-state index contributed by atoms with van der Waals surface area (Å²) >= 11 is 0. The van der Waals surface area contributed by atoms with Crippen LogP contribution in [0.4, 0.5) is 4.39 Å². The maximum Gasteiger partial charge on any atom is 0.159 e. The van der Waals surface area contributed by atoms with Crippen molar-refractivity contribution in [1.29, 1.82) is 0 Å². The molecule has 132 valence electrons. The van der Waals surface area contributed by atoms with Crippen molar-refractivity contribution in [3.8, 4) is 17.1 Å². The Labute approximate surface area is 152 Å². The van der Waals surface area contributed by atoms with E-state index >= 15 is 0 Å². The van der Waals surface area contributed by atoms with Gasteiger partial charge in [-0.05, 0) is 54.8 Å². The lowest BCUT2D eigenvalue weighted by molar-refractivity contribution is 0.415. The Kier molecular flexibility index (Phi) is 4.39. The molecule has 1 fully saturated rings. The van der Waals surface area contributed by atoms with Gasteiger partial charge in [0.2, 0.25) is 0 Å². The number of hydrogen-bond acceptors (Lipinski definition) is 4. The van der Waals surface area contributed by atoms with E-state index in [1.54, 1.807) is 19.2 Å². The van der Waals surface area contributed by atoms with Crippen LogP contribution in [0.5, 0.6) is 5.75 Å². The van der Waals surface area contributed by atoms with Gasteiger partial charge in [-0.25, -0.2) is 14.4 Å². The van der Waals surface area contributed by atoms with Gasteiger partial charge < -0.3 is 10.1 Å². The number of nitrogens with one attached hydrogen (secondary N) is 1. The van der Waals surface area contributed by atoms with Crippen molar-refractivity contribution >= 4 is 0 Å². The summed E-state index contributed by atoms with van der Waals surface area (Å²) in [5.41, 5.74) is 2.85. The van der Waals surface area contributed by atoms with Crippen molar-refractivity contribution in [3.63, 3.8) is 0 Å². The number of hydrogen-bond donors (Lipinski definition) is 1. The number of nitrogens with zero attached hydrogens (tertiary/aromatic N) is 2. The molecule has 4 rings (SSSR count). The summed E-state index contributed by atoms with van der Waals surface area (Å²) in [6, 6.07) is 14.5. The molecule has 0 atom stereocenters. The van der Waals surface area contributed by atoms with Gasteiger partial charge in [-0.2, -0.15) is 0 Å². The minimum atomic E-state index is -0.192. The molecule has 1 aromatic heterocycles. The third-order valence-electron chi connectivity index (χ3n) is 4.81. The Morgan fingerprint density at radius 1 is 1.08 bits per heavy atom. The third-order valence-corrected chi connectivity index (χ3v) is 4.81. The van der Waals surface area contributed by atoms with E-state index in [4.69, 9.17) is 4.74 Å². The molecule has 26 heavy (non-hydrogen) atoms. The summed E-state index contributed by atoms with van der Waals surface area (Å²) < 4.78 is 18.7. The minimum absolute atomic E-state index is 0.114. The molecule has 1 saturated carbocycles. The second kappa shape index (κ2) is 6.84. The van der Waals surface area contributed by atoms with Crippen LogP contribution < -0.4 is 10.1 Å². The highest BCUT2D eigenvalue weighted by atomic mass is 19.1. The molecular weight excluding hydrogens is 329 g/mol. The zero-order valence-electron chi connectivity index (χ0n) is 14.6. The van der Waals surface area contributed by atoms with E-state index in [9.17, 15) is 4.39 Å². The van der Waals surface area contributed by atoms with Crippen molar-refractivity contribution in [1.82, 2.24) is 15.3 Å². The van der Waals surface area contributed by atoms with Crippen molar-refractivity contribution in [2.75, 3.05) is 7.11 Å². The normalized spacial score (nSPS) is 14.8. The molecule has 1 heterocycles. The van der Waals surface area contributed by atoms with Gasteiger partial charge in [0, 0.05) is 35.6 Å². The first kappa shape index (κ1) is 16.7. The first-order valence-corrected chi connectivity index (χ1v) is 8.65. The Bertz CT molecular complexity index is 890. The summed E-state index contributed by atoms with van der Waals surface area (Å²) in [5, 5.41) is 3.54. The second-order valence-electron chi connectivity index (χ2n) is 6.59. The van der Waals surface area contributed by atoms with Gasteiger partial charge in [-0.1, -0.05) is 12.1 Å². The molecule has 0 saturated heterocycles. The van der Waals surface area contributed by atoms with Crippen molar-refractivity contribution in [2.45, 2.75) is 24.9 Å². The number of halogens is 1. The molecule has 1 N–H and O–H groups in total. The molecule has 0 bridgehead atoms. The fourth-order valence-corrected chi connectivity index (χ4v) is 3.09. The van der Waals surface area contributed by atoms with Crippen LogP contribution in [-0.4, -0.2) is 17.1 Å². The quantitative estimate of drug-likeness (QED) is 0.729. The maximum atomic E-state index is 13.5. The summed E-state index contributed by atoms with van der Waals surface area (Å²) in [6.45, 7) is 0.652. The molecule has 4 nitrogen and oxygen atoms in total. The number of benzene rings is 2. The molecule has 1 aliphatic rings. The number of methoxy groups -OCH3 is 1. The zero-order valence-corrected chi connectivity index (χ0v) is 14.6. The van der Waals surface area contributed by atoms with Crippen LogP contribution >= 0.6 is 0 Å². The summed E-state index contributed by atoms with van der Waals surface area (Å²) in [4.78, 5) is 8.92. The van der Waals surface area contributed by atoms with Crippen LogP contribution in [0.3, 0.4) is 0 Å². The van der Waals surface area contributed by atoms with E-state index in [2.05, 4.69) is 15.3 Å². The summed E-state index contributed by atoms with van der Waals surface area (Å²) in [6.07, 6.45) is 5.70. The lowest BCUT2D eigenvalue weighted by Gasteiger charge is -2.18. The zero-order chi connectivity index (χ0) is 18.0. The van der Waals surface area contributed by atoms with E-state index in [0.717, 1.165) is 35.3 Å². The topological polar surface area (TPSA) is 47.0 Å². The fraction of sp³-hybridized carbons (Fsp3) is 0.238. The minimum Gasteiger partial charge on any atom is -0.497 e. The largest absolute Gasteiger partial charge is 0.497 e. The predicted molar refractivity (Wildman–Crippen MR) is 98.2 cm³/mol.